The van der Waals surface area contributed by atoms with E-state index in [2.05, 4.69) is 5.16 Å². The van der Waals surface area contributed by atoms with Gasteiger partial charge in [-0.3, -0.25) is 0 Å². The smallest absolute Gasteiger partial charge is 0.235 e. The van der Waals surface area contributed by atoms with Crippen molar-refractivity contribution < 1.29 is 9.57 Å². The summed E-state index contributed by atoms with van der Waals surface area (Å²) in [6.07, 6.45) is 1.59. The molecule has 10 heavy (non-hydrogen) atoms. The van der Waals surface area contributed by atoms with Crippen molar-refractivity contribution in [1.29, 1.82) is 0 Å². The second kappa shape index (κ2) is 4.01. The Bertz CT molecular complexity index is 130. The fraction of sp³-hybridized carbons (Fsp3) is 0.800. The average Bonchev–Trinajstić information content (AvgIpc) is 2.34. The van der Waals surface area contributed by atoms with Crippen molar-refractivity contribution in [3.63, 3.8) is 0 Å². The number of oxime groups is 1. The molecule has 0 radical (unpaired) electrons. The number of nitrogens with zero attached hydrogens (tertiary/aromatic N) is 1. The molecule has 1 rings (SSSR count). The van der Waals surface area contributed by atoms with E-state index in [1.165, 1.54) is 0 Å². The zero-order valence-corrected chi connectivity index (χ0v) is 6.73. The van der Waals surface area contributed by atoms with Crippen molar-refractivity contribution in [2.75, 3.05) is 6.61 Å². The van der Waals surface area contributed by atoms with Gasteiger partial charge in [0.15, 0.2) is 0 Å². The van der Waals surface area contributed by atoms with Gasteiger partial charge in [0.05, 0.1) is 6.61 Å². The molecule has 3 nitrogen and oxygen atoms in total. The van der Waals surface area contributed by atoms with Crippen LogP contribution >= 0.6 is 23.2 Å². The van der Waals surface area contributed by atoms with Gasteiger partial charge in [0, 0.05) is 6.42 Å². The van der Waals surface area contributed by atoms with Crippen molar-refractivity contribution in [2.45, 2.75) is 19.1 Å². The first-order valence-corrected chi connectivity index (χ1v) is 3.71. The van der Waals surface area contributed by atoms with Gasteiger partial charge in [-0.25, -0.2) is 0 Å². The van der Waals surface area contributed by atoms with E-state index in [-0.39, 0.29) is 10.9 Å². The summed E-state index contributed by atoms with van der Waals surface area (Å²) in [6, 6.07) is 0. The van der Waals surface area contributed by atoms with Gasteiger partial charge >= 0.3 is 0 Å². The number of hydrogen-bond donors (Lipinski definition) is 0. The average molecular weight is 184 g/mol. The lowest BCUT2D eigenvalue weighted by Crippen LogP contribution is -2.06. The van der Waals surface area contributed by atoms with E-state index in [4.69, 9.17) is 32.8 Å². The SMILES string of the molecule is ClC(Cl)=NOC1CCCO1. The number of halogens is 2. The highest BCUT2D eigenvalue weighted by atomic mass is 35.5. The lowest BCUT2D eigenvalue weighted by Gasteiger charge is -2.04. The molecule has 0 aromatic carbocycles. The van der Waals surface area contributed by atoms with Crippen molar-refractivity contribution in [3.8, 4) is 0 Å². The topological polar surface area (TPSA) is 30.8 Å². The predicted molar refractivity (Wildman–Crippen MR) is 39.2 cm³/mol. The third kappa shape index (κ3) is 2.73. The molecular formula is C5H7Cl2NO2. The summed E-state index contributed by atoms with van der Waals surface area (Å²) in [4.78, 5) is 4.77. The van der Waals surface area contributed by atoms with Crippen molar-refractivity contribution >= 4 is 27.8 Å². The molecule has 0 N–H and O–H groups in total. The highest BCUT2D eigenvalue weighted by molar-refractivity contribution is 6.95. The number of ether oxygens (including phenoxy) is 1. The highest BCUT2D eigenvalue weighted by Gasteiger charge is 2.16. The van der Waals surface area contributed by atoms with Gasteiger partial charge in [0.1, 0.15) is 0 Å². The molecule has 1 unspecified atom stereocenters. The molecule has 0 amide bonds. The lowest BCUT2D eigenvalue weighted by atomic mass is 10.4. The van der Waals surface area contributed by atoms with Crippen LogP contribution in [0.4, 0.5) is 0 Å². The molecule has 0 aromatic heterocycles. The summed E-state index contributed by atoms with van der Waals surface area (Å²) in [7, 11) is 0. The fourth-order valence-electron chi connectivity index (χ4n) is 0.730. The molecule has 5 heteroatoms. The van der Waals surface area contributed by atoms with E-state index < -0.39 is 0 Å². The van der Waals surface area contributed by atoms with Crippen LogP contribution in [0.15, 0.2) is 5.16 Å². The molecule has 1 heterocycles. The molecule has 58 valence electrons. The van der Waals surface area contributed by atoms with Crippen LogP contribution in [0.25, 0.3) is 0 Å². The molecule has 1 fully saturated rings. The Balaban J connectivity index is 2.18. The third-order valence-electron chi connectivity index (χ3n) is 1.13. The monoisotopic (exact) mass is 183 g/mol. The third-order valence-corrected chi connectivity index (χ3v) is 1.27. The second-order valence-electron chi connectivity index (χ2n) is 1.88. The van der Waals surface area contributed by atoms with E-state index in [1.807, 2.05) is 0 Å². The van der Waals surface area contributed by atoms with Gasteiger partial charge < -0.3 is 9.57 Å². The summed E-state index contributed by atoms with van der Waals surface area (Å²) in [5.41, 5.74) is 0. The minimum absolute atomic E-state index is 0.129. The second-order valence-corrected chi connectivity index (χ2v) is 2.79. The van der Waals surface area contributed by atoms with Crippen molar-refractivity contribution in [2.24, 2.45) is 5.16 Å². The Hall–Kier alpha value is 0.01000. The molecule has 1 saturated heterocycles. The standard InChI is InChI=1S/C5H7Cl2NO2/c6-5(7)8-10-4-2-1-3-9-4/h4H,1-3H2. The summed E-state index contributed by atoms with van der Waals surface area (Å²) in [5.74, 6) is 0. The molecule has 0 spiro atoms. The van der Waals surface area contributed by atoms with Gasteiger partial charge in [-0.2, -0.15) is 0 Å². The first-order valence-electron chi connectivity index (χ1n) is 2.95. The van der Waals surface area contributed by atoms with Crippen molar-refractivity contribution in [3.05, 3.63) is 0 Å². The minimum atomic E-state index is -0.257. The fourth-order valence-corrected chi connectivity index (χ4v) is 0.810. The van der Waals surface area contributed by atoms with Crippen LogP contribution < -0.4 is 0 Å². The van der Waals surface area contributed by atoms with E-state index in [9.17, 15) is 0 Å². The van der Waals surface area contributed by atoms with Crippen LogP contribution in [0.2, 0.25) is 0 Å². The normalized spacial score (nSPS) is 24.4. The Morgan fingerprint density at radius 2 is 2.40 bits per heavy atom. The zero-order chi connectivity index (χ0) is 7.40. The molecule has 0 aromatic rings. The van der Waals surface area contributed by atoms with Gasteiger partial charge in [-0.1, -0.05) is 5.16 Å². The van der Waals surface area contributed by atoms with Crippen LogP contribution in [0.5, 0.6) is 0 Å². The van der Waals surface area contributed by atoms with Crippen LogP contribution in [0, 0.1) is 0 Å². The summed E-state index contributed by atoms with van der Waals surface area (Å²) >= 11 is 10.4. The van der Waals surface area contributed by atoms with E-state index in [0.29, 0.717) is 0 Å². The Kier molecular flexibility index (Phi) is 3.25. The van der Waals surface area contributed by atoms with Crippen LogP contribution in [-0.2, 0) is 9.57 Å². The van der Waals surface area contributed by atoms with Crippen LogP contribution in [-0.4, -0.2) is 17.5 Å². The van der Waals surface area contributed by atoms with E-state index in [0.717, 1.165) is 19.4 Å². The molecule has 0 saturated carbocycles. The highest BCUT2D eigenvalue weighted by Crippen LogP contribution is 2.13. The van der Waals surface area contributed by atoms with Gasteiger partial charge in [-0.15, -0.1) is 0 Å². The first-order chi connectivity index (χ1) is 4.79. The van der Waals surface area contributed by atoms with Gasteiger partial charge in [0.2, 0.25) is 10.9 Å². The summed E-state index contributed by atoms with van der Waals surface area (Å²) < 4.78 is 4.93. The van der Waals surface area contributed by atoms with Gasteiger partial charge in [-0.05, 0) is 29.6 Å². The predicted octanol–water partition coefficient (Wildman–Crippen LogP) is 1.89. The molecular weight excluding hydrogens is 177 g/mol. The molecule has 0 aliphatic carbocycles. The Morgan fingerprint density at radius 1 is 1.60 bits per heavy atom. The maximum absolute atomic E-state index is 5.19. The van der Waals surface area contributed by atoms with Crippen molar-refractivity contribution in [1.82, 2.24) is 0 Å². The summed E-state index contributed by atoms with van der Waals surface area (Å²) in [6.45, 7) is 0.722. The largest absolute Gasteiger partial charge is 0.361 e. The lowest BCUT2D eigenvalue weighted by molar-refractivity contribution is -0.109. The van der Waals surface area contributed by atoms with Gasteiger partial charge in [0.25, 0.3) is 0 Å². The minimum Gasteiger partial charge on any atom is -0.361 e. The zero-order valence-electron chi connectivity index (χ0n) is 5.22. The molecule has 1 aliphatic rings. The molecule has 0 bridgehead atoms. The van der Waals surface area contributed by atoms with Crippen LogP contribution in [0.3, 0.4) is 0 Å². The molecule has 1 aliphatic heterocycles. The maximum Gasteiger partial charge on any atom is 0.235 e. The summed E-state index contributed by atoms with van der Waals surface area (Å²) in [5, 5.41) is 3.33. The van der Waals surface area contributed by atoms with E-state index in [1.54, 1.807) is 0 Å². The first kappa shape index (κ1) is 8.11. The Labute approximate surface area is 68.9 Å². The Morgan fingerprint density at radius 3 is 2.90 bits per heavy atom. The number of hydrogen-bond acceptors (Lipinski definition) is 3. The van der Waals surface area contributed by atoms with E-state index >= 15 is 0 Å². The quantitative estimate of drug-likeness (QED) is 0.484. The maximum atomic E-state index is 5.19. The molecule has 1 atom stereocenters. The number of rotatable bonds is 2. The van der Waals surface area contributed by atoms with Crippen LogP contribution in [0.1, 0.15) is 12.8 Å².